The van der Waals surface area contributed by atoms with E-state index in [9.17, 15) is 10.1 Å². The molecule has 0 bridgehead atoms. The zero-order chi connectivity index (χ0) is 13.1. The van der Waals surface area contributed by atoms with Crippen LogP contribution in [-0.4, -0.2) is 26.2 Å². The fourth-order valence-electron chi connectivity index (χ4n) is 1.59. The molecule has 7 heteroatoms. The largest absolute Gasteiger partial charge is 0.370 e. The van der Waals surface area contributed by atoms with E-state index in [1.807, 2.05) is 6.92 Å². The molecular weight excluding hydrogens is 234 g/mol. The van der Waals surface area contributed by atoms with Crippen LogP contribution in [0.3, 0.4) is 0 Å². The van der Waals surface area contributed by atoms with Crippen LogP contribution < -0.4 is 5.32 Å². The van der Waals surface area contributed by atoms with Crippen molar-refractivity contribution in [1.82, 2.24) is 14.8 Å². The third-order valence-electron chi connectivity index (χ3n) is 2.38. The van der Waals surface area contributed by atoms with Gasteiger partial charge in [0.2, 0.25) is 0 Å². The van der Waals surface area contributed by atoms with E-state index in [1.165, 1.54) is 12.1 Å². The Bertz CT molecular complexity index is 579. The van der Waals surface area contributed by atoms with Crippen molar-refractivity contribution in [2.75, 3.05) is 11.9 Å². The molecule has 0 saturated carbocycles. The van der Waals surface area contributed by atoms with Gasteiger partial charge in [-0.05, 0) is 6.92 Å². The summed E-state index contributed by atoms with van der Waals surface area (Å²) < 4.78 is 1.63. The molecule has 0 fully saturated rings. The molecule has 0 unspecified atom stereocenters. The highest BCUT2D eigenvalue weighted by atomic mass is 16.6. The van der Waals surface area contributed by atoms with Gasteiger partial charge in [0.1, 0.15) is 5.82 Å². The van der Waals surface area contributed by atoms with Crippen molar-refractivity contribution in [3.8, 4) is 11.3 Å². The molecule has 2 aromatic rings. The molecule has 94 valence electrons. The molecule has 0 radical (unpaired) electrons. The SMILES string of the molecule is CCNc1cc([N+](=O)[O-])cc(-c2cnn(C)c2)n1. The number of nitrogens with one attached hydrogen (secondary N) is 1. The number of pyridine rings is 1. The van der Waals surface area contributed by atoms with Gasteiger partial charge in [-0.2, -0.15) is 5.10 Å². The fourth-order valence-corrected chi connectivity index (χ4v) is 1.59. The van der Waals surface area contributed by atoms with Crippen LogP contribution in [0, 0.1) is 10.1 Å². The molecule has 0 saturated heterocycles. The van der Waals surface area contributed by atoms with E-state index in [0.29, 0.717) is 18.1 Å². The van der Waals surface area contributed by atoms with E-state index in [1.54, 1.807) is 24.1 Å². The molecule has 0 aromatic carbocycles. The number of aromatic nitrogens is 3. The molecule has 0 amide bonds. The van der Waals surface area contributed by atoms with Crippen LogP contribution >= 0.6 is 0 Å². The highest BCUT2D eigenvalue weighted by molar-refractivity contribution is 5.64. The quantitative estimate of drug-likeness (QED) is 0.657. The first-order chi connectivity index (χ1) is 8.60. The zero-order valence-electron chi connectivity index (χ0n) is 10.1. The summed E-state index contributed by atoms with van der Waals surface area (Å²) in [6.45, 7) is 2.56. The maximum Gasteiger partial charge on any atom is 0.275 e. The minimum Gasteiger partial charge on any atom is -0.370 e. The van der Waals surface area contributed by atoms with Gasteiger partial charge >= 0.3 is 0 Å². The Labute approximate surface area is 104 Å². The molecule has 0 aliphatic carbocycles. The molecule has 1 N–H and O–H groups in total. The van der Waals surface area contributed by atoms with Crippen LogP contribution in [0.15, 0.2) is 24.5 Å². The van der Waals surface area contributed by atoms with Gasteiger partial charge in [0.25, 0.3) is 5.69 Å². The van der Waals surface area contributed by atoms with Crippen molar-refractivity contribution in [2.45, 2.75) is 6.92 Å². The maximum absolute atomic E-state index is 10.9. The number of nitrogens with zero attached hydrogens (tertiary/aromatic N) is 4. The Morgan fingerprint density at radius 1 is 1.50 bits per heavy atom. The van der Waals surface area contributed by atoms with Gasteiger partial charge < -0.3 is 5.32 Å². The standard InChI is InChI=1S/C11H13N5O2/c1-3-12-11-5-9(16(17)18)4-10(14-11)8-6-13-15(2)7-8/h4-7H,3H2,1-2H3,(H,12,14). The number of rotatable bonds is 4. The lowest BCUT2D eigenvalue weighted by Crippen LogP contribution is -2.01. The lowest BCUT2D eigenvalue weighted by Gasteiger charge is -2.04. The van der Waals surface area contributed by atoms with E-state index in [-0.39, 0.29) is 5.69 Å². The van der Waals surface area contributed by atoms with E-state index < -0.39 is 4.92 Å². The molecular formula is C11H13N5O2. The summed E-state index contributed by atoms with van der Waals surface area (Å²) in [6, 6.07) is 2.86. The normalized spacial score (nSPS) is 10.3. The molecule has 18 heavy (non-hydrogen) atoms. The van der Waals surface area contributed by atoms with Crippen molar-refractivity contribution < 1.29 is 4.92 Å². The average molecular weight is 247 g/mol. The van der Waals surface area contributed by atoms with Crippen molar-refractivity contribution in [3.05, 3.63) is 34.6 Å². The molecule has 0 atom stereocenters. The molecule has 7 nitrogen and oxygen atoms in total. The van der Waals surface area contributed by atoms with Crippen molar-refractivity contribution >= 4 is 11.5 Å². The molecule has 2 rings (SSSR count). The van der Waals surface area contributed by atoms with Gasteiger partial charge in [0, 0.05) is 31.4 Å². The average Bonchev–Trinajstić information content (AvgIpc) is 2.76. The topological polar surface area (TPSA) is 85.9 Å². The van der Waals surface area contributed by atoms with Crippen LogP contribution in [0.2, 0.25) is 0 Å². The summed E-state index contributed by atoms with van der Waals surface area (Å²) in [5.74, 6) is 0.491. The number of anilines is 1. The molecule has 2 heterocycles. The highest BCUT2D eigenvalue weighted by Crippen LogP contribution is 2.24. The predicted octanol–water partition coefficient (Wildman–Crippen LogP) is 1.82. The lowest BCUT2D eigenvalue weighted by molar-refractivity contribution is -0.384. The van der Waals surface area contributed by atoms with Crippen LogP contribution in [0.4, 0.5) is 11.5 Å². The van der Waals surface area contributed by atoms with Gasteiger partial charge in [-0.3, -0.25) is 14.8 Å². The van der Waals surface area contributed by atoms with Crippen LogP contribution in [-0.2, 0) is 7.05 Å². The van der Waals surface area contributed by atoms with Crippen LogP contribution in [0.5, 0.6) is 0 Å². The zero-order valence-corrected chi connectivity index (χ0v) is 10.1. The summed E-state index contributed by atoms with van der Waals surface area (Å²) in [4.78, 5) is 14.8. The Hall–Kier alpha value is -2.44. The van der Waals surface area contributed by atoms with Crippen molar-refractivity contribution in [2.24, 2.45) is 7.05 Å². The number of aryl methyl sites for hydroxylation is 1. The Morgan fingerprint density at radius 3 is 2.83 bits per heavy atom. The monoisotopic (exact) mass is 247 g/mol. The maximum atomic E-state index is 10.9. The van der Waals surface area contributed by atoms with Gasteiger partial charge in [0.05, 0.1) is 22.9 Å². The second kappa shape index (κ2) is 4.82. The number of nitro groups is 1. The van der Waals surface area contributed by atoms with Gasteiger partial charge in [-0.1, -0.05) is 0 Å². The summed E-state index contributed by atoms with van der Waals surface area (Å²) in [5.41, 5.74) is 1.30. The second-order valence-corrected chi connectivity index (χ2v) is 3.79. The van der Waals surface area contributed by atoms with E-state index in [4.69, 9.17) is 0 Å². The van der Waals surface area contributed by atoms with Crippen LogP contribution in [0.25, 0.3) is 11.3 Å². The predicted molar refractivity (Wildman–Crippen MR) is 67.3 cm³/mol. The molecule has 0 spiro atoms. The number of hydrogen-bond donors (Lipinski definition) is 1. The first-order valence-electron chi connectivity index (χ1n) is 5.49. The third-order valence-corrected chi connectivity index (χ3v) is 2.38. The van der Waals surface area contributed by atoms with E-state index in [2.05, 4.69) is 15.4 Å². The highest BCUT2D eigenvalue weighted by Gasteiger charge is 2.13. The summed E-state index contributed by atoms with van der Waals surface area (Å²) >= 11 is 0. The van der Waals surface area contributed by atoms with Gasteiger partial charge in [0.15, 0.2) is 0 Å². The third kappa shape index (κ3) is 2.45. The van der Waals surface area contributed by atoms with Gasteiger partial charge in [-0.15, -0.1) is 0 Å². The van der Waals surface area contributed by atoms with Crippen LogP contribution in [0.1, 0.15) is 6.92 Å². The first kappa shape index (κ1) is 12.0. The molecule has 0 aliphatic heterocycles. The fraction of sp³-hybridized carbons (Fsp3) is 0.273. The van der Waals surface area contributed by atoms with Gasteiger partial charge in [-0.25, -0.2) is 4.98 Å². The first-order valence-corrected chi connectivity index (χ1v) is 5.49. The minimum absolute atomic E-state index is 0.0137. The second-order valence-electron chi connectivity index (χ2n) is 3.79. The van der Waals surface area contributed by atoms with E-state index >= 15 is 0 Å². The smallest absolute Gasteiger partial charge is 0.275 e. The number of hydrogen-bond acceptors (Lipinski definition) is 5. The minimum atomic E-state index is -0.428. The Morgan fingerprint density at radius 2 is 2.28 bits per heavy atom. The van der Waals surface area contributed by atoms with E-state index in [0.717, 1.165) is 5.56 Å². The Kier molecular flexibility index (Phi) is 3.22. The Balaban J connectivity index is 2.49. The molecule has 2 aromatic heterocycles. The summed E-state index contributed by atoms with van der Waals surface area (Å²) in [6.07, 6.45) is 3.39. The van der Waals surface area contributed by atoms with Crippen molar-refractivity contribution in [3.63, 3.8) is 0 Å². The molecule has 0 aliphatic rings. The lowest BCUT2D eigenvalue weighted by atomic mass is 10.2. The summed E-state index contributed by atoms with van der Waals surface area (Å²) in [7, 11) is 1.78. The summed E-state index contributed by atoms with van der Waals surface area (Å²) in [5, 5.41) is 17.9. The van der Waals surface area contributed by atoms with Crippen molar-refractivity contribution in [1.29, 1.82) is 0 Å².